The fourth-order valence-corrected chi connectivity index (χ4v) is 2.93. The lowest BCUT2D eigenvalue weighted by Crippen LogP contribution is -2.46. The molecule has 4 nitrogen and oxygen atoms in total. The van der Waals surface area contributed by atoms with E-state index in [-0.39, 0.29) is 23.8 Å². The van der Waals surface area contributed by atoms with E-state index in [1.54, 1.807) is 0 Å². The summed E-state index contributed by atoms with van der Waals surface area (Å²) in [5.74, 6) is 1.79. The quantitative estimate of drug-likeness (QED) is 0.792. The molecule has 1 fully saturated rings. The molecule has 0 atom stereocenters. The van der Waals surface area contributed by atoms with Crippen molar-refractivity contribution in [3.05, 3.63) is 0 Å². The van der Waals surface area contributed by atoms with Crippen LogP contribution in [0.25, 0.3) is 0 Å². The van der Waals surface area contributed by atoms with Gasteiger partial charge in [0.2, 0.25) is 11.8 Å². The second-order valence-electron chi connectivity index (χ2n) is 7.52. The average Bonchev–Trinajstić information content (AvgIpc) is 2.42. The molecular formula is C17H32N2O2. The van der Waals surface area contributed by atoms with Gasteiger partial charge in [0.25, 0.3) is 0 Å². The second-order valence-corrected chi connectivity index (χ2v) is 7.52. The first-order chi connectivity index (χ1) is 9.74. The van der Waals surface area contributed by atoms with E-state index in [0.717, 1.165) is 31.6 Å². The van der Waals surface area contributed by atoms with Crippen LogP contribution in [0.15, 0.2) is 0 Å². The van der Waals surface area contributed by atoms with Gasteiger partial charge in [0.15, 0.2) is 0 Å². The highest BCUT2D eigenvalue weighted by Gasteiger charge is 2.38. The van der Waals surface area contributed by atoms with E-state index in [9.17, 15) is 9.59 Å². The summed E-state index contributed by atoms with van der Waals surface area (Å²) in [4.78, 5) is 24.0. The summed E-state index contributed by atoms with van der Waals surface area (Å²) in [6.07, 6.45) is 4.08. The molecule has 0 saturated heterocycles. The Labute approximate surface area is 129 Å². The molecule has 4 heteroatoms. The lowest BCUT2D eigenvalue weighted by molar-refractivity contribution is -0.134. The summed E-state index contributed by atoms with van der Waals surface area (Å²) in [5, 5.41) is 5.63. The number of hydrogen-bond donors (Lipinski definition) is 2. The van der Waals surface area contributed by atoms with E-state index in [4.69, 9.17) is 0 Å². The minimum absolute atomic E-state index is 0.0319. The molecule has 0 bridgehead atoms. The van der Waals surface area contributed by atoms with Crippen LogP contribution in [-0.4, -0.2) is 24.9 Å². The third kappa shape index (κ3) is 5.68. The Morgan fingerprint density at radius 1 is 1.10 bits per heavy atom. The minimum Gasteiger partial charge on any atom is -0.354 e. The van der Waals surface area contributed by atoms with E-state index >= 15 is 0 Å². The molecule has 1 aliphatic carbocycles. The first-order valence-corrected chi connectivity index (χ1v) is 8.29. The molecule has 21 heavy (non-hydrogen) atoms. The number of carbonyl (C=O) groups excluding carboxylic acids is 2. The summed E-state index contributed by atoms with van der Waals surface area (Å²) in [5.41, 5.74) is -0.302. The smallest absolute Gasteiger partial charge is 0.239 e. The van der Waals surface area contributed by atoms with Crippen LogP contribution in [0.1, 0.15) is 60.3 Å². The molecule has 1 aliphatic rings. The molecule has 122 valence electrons. The molecule has 0 aromatic carbocycles. The average molecular weight is 296 g/mol. The first kappa shape index (κ1) is 18.0. The van der Waals surface area contributed by atoms with Gasteiger partial charge in [-0.05, 0) is 43.4 Å². The van der Waals surface area contributed by atoms with Crippen molar-refractivity contribution < 1.29 is 9.59 Å². The van der Waals surface area contributed by atoms with Crippen molar-refractivity contribution in [2.75, 3.05) is 13.1 Å². The predicted molar refractivity (Wildman–Crippen MR) is 85.8 cm³/mol. The van der Waals surface area contributed by atoms with Gasteiger partial charge in [-0.3, -0.25) is 9.59 Å². The van der Waals surface area contributed by atoms with Crippen LogP contribution >= 0.6 is 0 Å². The molecule has 0 spiro atoms. The van der Waals surface area contributed by atoms with E-state index < -0.39 is 0 Å². The summed E-state index contributed by atoms with van der Waals surface area (Å²) >= 11 is 0. The Hall–Kier alpha value is -1.06. The zero-order valence-electron chi connectivity index (χ0n) is 14.3. The van der Waals surface area contributed by atoms with Gasteiger partial charge in [0.1, 0.15) is 0 Å². The van der Waals surface area contributed by atoms with Gasteiger partial charge in [-0.25, -0.2) is 0 Å². The summed E-state index contributed by atoms with van der Waals surface area (Å²) in [6.45, 7) is 11.4. The van der Waals surface area contributed by atoms with E-state index in [0.29, 0.717) is 18.4 Å². The molecule has 0 aromatic rings. The zero-order valence-corrected chi connectivity index (χ0v) is 14.3. The molecular weight excluding hydrogens is 264 g/mol. The number of rotatable bonds is 6. The Kier molecular flexibility index (Phi) is 6.69. The maximum absolute atomic E-state index is 12.3. The topological polar surface area (TPSA) is 58.2 Å². The predicted octanol–water partition coefficient (Wildman–Crippen LogP) is 2.73. The minimum atomic E-state index is -0.302. The summed E-state index contributed by atoms with van der Waals surface area (Å²) in [6, 6.07) is 0. The molecule has 0 heterocycles. The standard InChI is InChI=1S/C17H32N2O2/c1-12(2)10-18-15(20)11-19-16(21)17(5)8-6-14(7-9-17)13(3)4/h12-14H,6-11H2,1-5H3,(H,18,20)(H,19,21). The SMILES string of the molecule is CC(C)CNC(=O)CNC(=O)C1(C)CCC(C(C)C)CC1. The van der Waals surface area contributed by atoms with Crippen molar-refractivity contribution in [3.63, 3.8) is 0 Å². The van der Waals surface area contributed by atoms with Gasteiger partial charge in [0, 0.05) is 12.0 Å². The van der Waals surface area contributed by atoms with Crippen LogP contribution in [0, 0.1) is 23.2 Å². The Morgan fingerprint density at radius 3 is 2.14 bits per heavy atom. The van der Waals surface area contributed by atoms with Gasteiger partial charge < -0.3 is 10.6 Å². The van der Waals surface area contributed by atoms with Crippen molar-refractivity contribution in [2.24, 2.45) is 23.2 Å². The molecule has 0 aromatic heterocycles. The molecule has 1 saturated carbocycles. The molecule has 0 aliphatic heterocycles. The van der Waals surface area contributed by atoms with Gasteiger partial charge in [-0.15, -0.1) is 0 Å². The molecule has 0 unspecified atom stereocenters. The Bertz CT molecular complexity index is 356. The van der Waals surface area contributed by atoms with Crippen molar-refractivity contribution in [1.82, 2.24) is 10.6 Å². The van der Waals surface area contributed by atoms with Crippen LogP contribution < -0.4 is 10.6 Å². The third-order valence-electron chi connectivity index (χ3n) is 4.74. The van der Waals surface area contributed by atoms with E-state index in [2.05, 4.69) is 24.5 Å². The molecule has 2 N–H and O–H groups in total. The van der Waals surface area contributed by atoms with Crippen LogP contribution in [0.5, 0.6) is 0 Å². The molecule has 1 rings (SSSR count). The van der Waals surface area contributed by atoms with Crippen LogP contribution in [-0.2, 0) is 9.59 Å². The van der Waals surface area contributed by atoms with Gasteiger partial charge in [0.05, 0.1) is 6.54 Å². The number of amides is 2. The Balaban J connectivity index is 2.36. The zero-order chi connectivity index (χ0) is 16.0. The van der Waals surface area contributed by atoms with Crippen molar-refractivity contribution in [1.29, 1.82) is 0 Å². The first-order valence-electron chi connectivity index (χ1n) is 8.29. The lowest BCUT2D eigenvalue weighted by Gasteiger charge is -2.37. The van der Waals surface area contributed by atoms with E-state index in [1.807, 2.05) is 20.8 Å². The highest BCUT2D eigenvalue weighted by Crippen LogP contribution is 2.41. The van der Waals surface area contributed by atoms with Crippen molar-refractivity contribution in [3.8, 4) is 0 Å². The third-order valence-corrected chi connectivity index (χ3v) is 4.74. The summed E-state index contributed by atoms with van der Waals surface area (Å²) in [7, 11) is 0. The number of carbonyl (C=O) groups is 2. The van der Waals surface area contributed by atoms with Crippen molar-refractivity contribution >= 4 is 11.8 Å². The fraction of sp³-hybridized carbons (Fsp3) is 0.882. The van der Waals surface area contributed by atoms with Crippen LogP contribution in [0.2, 0.25) is 0 Å². The largest absolute Gasteiger partial charge is 0.354 e. The Morgan fingerprint density at radius 2 is 1.67 bits per heavy atom. The monoisotopic (exact) mass is 296 g/mol. The highest BCUT2D eigenvalue weighted by atomic mass is 16.2. The maximum atomic E-state index is 12.3. The van der Waals surface area contributed by atoms with Crippen LogP contribution in [0.4, 0.5) is 0 Å². The van der Waals surface area contributed by atoms with Crippen LogP contribution in [0.3, 0.4) is 0 Å². The van der Waals surface area contributed by atoms with Crippen molar-refractivity contribution in [2.45, 2.75) is 60.3 Å². The molecule has 2 amide bonds. The number of nitrogens with one attached hydrogen (secondary N) is 2. The number of hydrogen-bond acceptors (Lipinski definition) is 2. The summed E-state index contributed by atoms with van der Waals surface area (Å²) < 4.78 is 0. The van der Waals surface area contributed by atoms with Gasteiger partial charge in [-0.1, -0.05) is 34.6 Å². The highest BCUT2D eigenvalue weighted by molar-refractivity contribution is 5.87. The molecule has 0 radical (unpaired) electrons. The van der Waals surface area contributed by atoms with Gasteiger partial charge in [-0.2, -0.15) is 0 Å². The second kappa shape index (κ2) is 7.81. The van der Waals surface area contributed by atoms with Gasteiger partial charge >= 0.3 is 0 Å². The van der Waals surface area contributed by atoms with E-state index in [1.165, 1.54) is 0 Å². The lowest BCUT2D eigenvalue weighted by atomic mass is 9.68. The fourth-order valence-electron chi connectivity index (χ4n) is 2.93. The maximum Gasteiger partial charge on any atom is 0.239 e. The normalized spacial score (nSPS) is 26.0.